The summed E-state index contributed by atoms with van der Waals surface area (Å²) in [7, 11) is 0. The van der Waals surface area contributed by atoms with Crippen LogP contribution in [0, 0.1) is 5.82 Å². The summed E-state index contributed by atoms with van der Waals surface area (Å²) in [5.41, 5.74) is 2.36. The minimum absolute atomic E-state index is 0.202. The van der Waals surface area contributed by atoms with Gasteiger partial charge in [-0.15, -0.1) is 11.3 Å². The summed E-state index contributed by atoms with van der Waals surface area (Å²) in [5, 5.41) is 3.35. The van der Waals surface area contributed by atoms with Gasteiger partial charge in [0, 0.05) is 42.7 Å². The third-order valence-corrected chi connectivity index (χ3v) is 6.13. The number of thiazole rings is 1. The first-order valence-corrected chi connectivity index (χ1v) is 11.2. The van der Waals surface area contributed by atoms with Crippen molar-refractivity contribution in [2.75, 3.05) is 18.4 Å². The number of nitrogens with zero attached hydrogens (tertiary/aromatic N) is 2. The van der Waals surface area contributed by atoms with Gasteiger partial charge in [-0.1, -0.05) is 30.3 Å². The molecule has 0 aliphatic carbocycles. The molecule has 1 aliphatic heterocycles. The number of hydrogen-bond acceptors (Lipinski definition) is 5. The molecule has 5 nitrogen and oxygen atoms in total. The number of halogens is 1. The van der Waals surface area contributed by atoms with Crippen LogP contribution in [-0.4, -0.2) is 41.1 Å². The normalized spacial score (nSPS) is 19.3. The third kappa shape index (κ3) is 5.76. The summed E-state index contributed by atoms with van der Waals surface area (Å²) in [4.78, 5) is 20.1. The molecule has 3 aromatic rings. The Balaban J connectivity index is 1.34. The highest BCUT2D eigenvalue weighted by Crippen LogP contribution is 2.23. The zero-order chi connectivity index (χ0) is 21.8. The van der Waals surface area contributed by atoms with Crippen LogP contribution in [0.2, 0.25) is 0 Å². The van der Waals surface area contributed by atoms with Gasteiger partial charge in [0.2, 0.25) is 0 Å². The highest BCUT2D eigenvalue weighted by molar-refractivity contribution is 7.15. The molecule has 1 N–H and O–H groups in total. The van der Waals surface area contributed by atoms with Crippen LogP contribution < -0.4 is 5.32 Å². The van der Waals surface area contributed by atoms with Crippen LogP contribution in [0.4, 0.5) is 9.52 Å². The summed E-state index contributed by atoms with van der Waals surface area (Å²) < 4.78 is 19.6. The van der Waals surface area contributed by atoms with E-state index in [1.165, 1.54) is 23.0 Å². The van der Waals surface area contributed by atoms with Crippen LogP contribution in [0.1, 0.15) is 40.2 Å². The molecule has 1 fully saturated rings. The van der Waals surface area contributed by atoms with Gasteiger partial charge in [0.05, 0.1) is 12.2 Å². The standard InChI is InChI=1S/C24H26FN3O2S/c1-16-13-28(14-17(2)30-16)15-18-7-9-19(10-8-18)23(29)27-24-26-12-21(31-24)11-20-5-3-4-6-22(20)25/h3-10,12,16-17H,11,13-15H2,1-2H3,(H,26,27,29)/t16-,17-/m1/s1. The fourth-order valence-electron chi connectivity index (χ4n) is 3.88. The van der Waals surface area contributed by atoms with Gasteiger partial charge >= 0.3 is 0 Å². The highest BCUT2D eigenvalue weighted by atomic mass is 32.1. The molecule has 0 radical (unpaired) electrons. The number of rotatable bonds is 6. The molecule has 1 aliphatic rings. The van der Waals surface area contributed by atoms with Crippen molar-refractivity contribution in [1.82, 2.24) is 9.88 Å². The second kappa shape index (κ2) is 9.68. The van der Waals surface area contributed by atoms with E-state index in [2.05, 4.69) is 29.0 Å². The molecule has 1 amide bonds. The molecule has 2 heterocycles. The van der Waals surface area contributed by atoms with Crippen molar-refractivity contribution in [3.05, 3.63) is 82.1 Å². The van der Waals surface area contributed by atoms with E-state index in [1.54, 1.807) is 18.3 Å². The maximum atomic E-state index is 13.8. The molecule has 4 rings (SSSR count). The fraction of sp³-hybridized carbons (Fsp3) is 0.333. The van der Waals surface area contributed by atoms with Gasteiger partial charge in [-0.25, -0.2) is 9.37 Å². The van der Waals surface area contributed by atoms with Gasteiger partial charge in [0.15, 0.2) is 5.13 Å². The van der Waals surface area contributed by atoms with E-state index in [9.17, 15) is 9.18 Å². The predicted octanol–water partition coefficient (Wildman–Crippen LogP) is 4.73. The van der Waals surface area contributed by atoms with E-state index in [0.717, 1.165) is 24.5 Å². The molecule has 162 valence electrons. The molecule has 0 saturated carbocycles. The molecule has 0 bridgehead atoms. The van der Waals surface area contributed by atoms with Crippen molar-refractivity contribution in [3.63, 3.8) is 0 Å². The first-order valence-electron chi connectivity index (χ1n) is 10.4. The van der Waals surface area contributed by atoms with Gasteiger partial charge < -0.3 is 4.74 Å². The largest absolute Gasteiger partial charge is 0.373 e. The average Bonchev–Trinajstić information content (AvgIpc) is 3.16. The third-order valence-electron chi connectivity index (χ3n) is 5.21. The maximum absolute atomic E-state index is 13.8. The van der Waals surface area contributed by atoms with Crippen molar-refractivity contribution in [2.45, 2.75) is 39.0 Å². The zero-order valence-electron chi connectivity index (χ0n) is 17.7. The Bertz CT molecular complexity index is 1030. The van der Waals surface area contributed by atoms with Crippen LogP contribution >= 0.6 is 11.3 Å². The van der Waals surface area contributed by atoms with Gasteiger partial charge in [0.25, 0.3) is 5.91 Å². The van der Waals surface area contributed by atoms with Gasteiger partial charge in [-0.05, 0) is 43.2 Å². The van der Waals surface area contributed by atoms with Crippen molar-refractivity contribution in [3.8, 4) is 0 Å². The summed E-state index contributed by atoms with van der Waals surface area (Å²) in [6, 6.07) is 14.3. The molecule has 0 spiro atoms. The number of amides is 1. The lowest BCUT2D eigenvalue weighted by Gasteiger charge is -2.35. The molecule has 31 heavy (non-hydrogen) atoms. The van der Waals surface area contributed by atoms with Crippen LogP contribution in [0.5, 0.6) is 0 Å². The predicted molar refractivity (Wildman–Crippen MR) is 121 cm³/mol. The number of morpholine rings is 1. The Morgan fingerprint density at radius 2 is 1.87 bits per heavy atom. The Morgan fingerprint density at radius 3 is 2.58 bits per heavy atom. The van der Waals surface area contributed by atoms with E-state index in [0.29, 0.717) is 22.7 Å². The number of hydrogen-bond donors (Lipinski definition) is 1. The lowest BCUT2D eigenvalue weighted by Crippen LogP contribution is -2.44. The van der Waals surface area contributed by atoms with E-state index in [-0.39, 0.29) is 23.9 Å². The van der Waals surface area contributed by atoms with Gasteiger partial charge in [-0.2, -0.15) is 0 Å². The summed E-state index contributed by atoms with van der Waals surface area (Å²) in [5.74, 6) is -0.436. The number of aromatic nitrogens is 1. The Hall–Kier alpha value is -2.61. The Kier molecular flexibility index (Phi) is 6.75. The number of benzene rings is 2. The highest BCUT2D eigenvalue weighted by Gasteiger charge is 2.22. The van der Waals surface area contributed by atoms with Crippen molar-refractivity contribution in [1.29, 1.82) is 0 Å². The first kappa shape index (κ1) is 21.6. The number of anilines is 1. The summed E-state index contributed by atoms with van der Waals surface area (Å²) >= 11 is 1.36. The van der Waals surface area contributed by atoms with Crippen molar-refractivity contribution < 1.29 is 13.9 Å². The maximum Gasteiger partial charge on any atom is 0.257 e. The summed E-state index contributed by atoms with van der Waals surface area (Å²) in [6.07, 6.45) is 2.60. The van der Waals surface area contributed by atoms with E-state index in [4.69, 9.17) is 4.74 Å². The monoisotopic (exact) mass is 439 g/mol. The second-order valence-electron chi connectivity index (χ2n) is 8.00. The number of carbonyl (C=O) groups is 1. The van der Waals surface area contributed by atoms with Crippen molar-refractivity contribution >= 4 is 22.4 Å². The van der Waals surface area contributed by atoms with Gasteiger partial charge in [0.1, 0.15) is 5.82 Å². The SMILES string of the molecule is C[C@@H]1CN(Cc2ccc(C(=O)Nc3ncc(Cc4ccccc4F)s3)cc2)C[C@@H](C)O1. The smallest absolute Gasteiger partial charge is 0.257 e. The molecular formula is C24H26FN3O2S. The summed E-state index contributed by atoms with van der Waals surface area (Å²) in [6.45, 7) is 6.84. The van der Waals surface area contributed by atoms with E-state index < -0.39 is 0 Å². The molecule has 7 heteroatoms. The average molecular weight is 440 g/mol. The number of nitrogens with one attached hydrogen (secondary N) is 1. The molecular weight excluding hydrogens is 413 g/mol. The second-order valence-corrected chi connectivity index (χ2v) is 9.12. The van der Waals surface area contributed by atoms with Crippen LogP contribution in [0.3, 0.4) is 0 Å². The van der Waals surface area contributed by atoms with E-state index in [1.807, 2.05) is 30.3 Å². The Labute approximate surface area is 185 Å². The Morgan fingerprint density at radius 1 is 1.16 bits per heavy atom. The lowest BCUT2D eigenvalue weighted by molar-refractivity contribution is -0.0704. The lowest BCUT2D eigenvalue weighted by atomic mass is 10.1. The molecule has 1 saturated heterocycles. The minimum Gasteiger partial charge on any atom is -0.373 e. The van der Waals surface area contributed by atoms with Crippen LogP contribution in [0.25, 0.3) is 0 Å². The van der Waals surface area contributed by atoms with Gasteiger partial charge in [-0.3, -0.25) is 15.0 Å². The number of carbonyl (C=O) groups excluding carboxylic acids is 1. The first-order chi connectivity index (χ1) is 15.0. The topological polar surface area (TPSA) is 54.5 Å². The molecule has 2 aromatic carbocycles. The fourth-order valence-corrected chi connectivity index (χ4v) is 4.71. The van der Waals surface area contributed by atoms with Crippen molar-refractivity contribution in [2.24, 2.45) is 0 Å². The van der Waals surface area contributed by atoms with Crippen LogP contribution in [0.15, 0.2) is 54.7 Å². The zero-order valence-corrected chi connectivity index (χ0v) is 18.5. The molecule has 1 aromatic heterocycles. The number of ether oxygens (including phenoxy) is 1. The van der Waals surface area contributed by atoms with E-state index >= 15 is 0 Å². The van der Waals surface area contributed by atoms with Crippen LogP contribution in [-0.2, 0) is 17.7 Å². The molecule has 0 unspecified atom stereocenters. The minimum atomic E-state index is -0.234. The molecule has 2 atom stereocenters. The quantitative estimate of drug-likeness (QED) is 0.603.